The van der Waals surface area contributed by atoms with Gasteiger partial charge in [-0.1, -0.05) is 25.1 Å². The molecule has 0 spiro atoms. The van der Waals surface area contributed by atoms with Gasteiger partial charge in [-0.05, 0) is 30.9 Å². The smallest absolute Gasteiger partial charge is 0.416 e. The Hall–Kier alpha value is -2.05. The molecular weight excluding hydrogens is 311 g/mol. The lowest BCUT2D eigenvalue weighted by molar-refractivity contribution is -0.142. The molecule has 0 saturated carbocycles. The fourth-order valence-corrected chi connectivity index (χ4v) is 3.34. The van der Waals surface area contributed by atoms with Crippen molar-refractivity contribution in [2.75, 3.05) is 6.54 Å². The second-order valence-electron chi connectivity index (χ2n) is 5.57. The Kier molecular flexibility index (Phi) is 4.68. The summed E-state index contributed by atoms with van der Waals surface area (Å²) in [4.78, 5) is 25.1. The number of piperidine rings is 1. The summed E-state index contributed by atoms with van der Waals surface area (Å²) in [5, 5.41) is 9.47. The topological polar surface area (TPSA) is 57.6 Å². The number of carbonyl (C=O) groups is 2. The van der Waals surface area contributed by atoms with E-state index in [0.29, 0.717) is 12.8 Å². The molecule has 4 nitrogen and oxygen atoms in total. The minimum atomic E-state index is -4.65. The molecule has 1 heterocycles. The van der Waals surface area contributed by atoms with Crippen LogP contribution in [0.25, 0.3) is 0 Å². The van der Waals surface area contributed by atoms with Crippen molar-refractivity contribution >= 4 is 11.9 Å². The van der Waals surface area contributed by atoms with Crippen LogP contribution in [-0.4, -0.2) is 28.4 Å². The first kappa shape index (κ1) is 17.3. The van der Waals surface area contributed by atoms with Crippen molar-refractivity contribution in [2.24, 2.45) is 0 Å². The minimum absolute atomic E-state index is 0.0318. The zero-order valence-electron chi connectivity index (χ0n) is 12.7. The van der Waals surface area contributed by atoms with Gasteiger partial charge in [-0.15, -0.1) is 0 Å². The first-order chi connectivity index (χ1) is 10.7. The van der Waals surface area contributed by atoms with Crippen LogP contribution in [0.3, 0.4) is 0 Å². The number of amides is 1. The fourth-order valence-electron chi connectivity index (χ4n) is 3.34. The number of benzene rings is 1. The first-order valence-corrected chi connectivity index (χ1v) is 7.45. The van der Waals surface area contributed by atoms with Crippen LogP contribution in [0.2, 0.25) is 0 Å². The second kappa shape index (κ2) is 6.22. The highest BCUT2D eigenvalue weighted by Gasteiger charge is 2.51. The van der Waals surface area contributed by atoms with Gasteiger partial charge in [-0.2, -0.15) is 13.2 Å². The van der Waals surface area contributed by atoms with Gasteiger partial charge in [-0.3, -0.25) is 9.69 Å². The number of likely N-dealkylation sites (tertiary alicyclic amines) is 1. The average Bonchev–Trinajstić information content (AvgIpc) is 2.53. The maximum Gasteiger partial charge on any atom is 0.416 e. The summed E-state index contributed by atoms with van der Waals surface area (Å²) >= 11 is 0. The Morgan fingerprint density at radius 1 is 1.26 bits per heavy atom. The highest BCUT2D eigenvalue weighted by Crippen LogP contribution is 2.45. The van der Waals surface area contributed by atoms with Gasteiger partial charge >= 0.3 is 12.3 Å². The summed E-state index contributed by atoms with van der Waals surface area (Å²) in [6.07, 6.45) is -4.96. The van der Waals surface area contributed by atoms with E-state index in [-0.39, 0.29) is 24.9 Å². The van der Waals surface area contributed by atoms with Crippen molar-refractivity contribution in [1.29, 1.82) is 0 Å². The molecule has 126 valence electrons. The van der Waals surface area contributed by atoms with Crippen molar-refractivity contribution in [3.63, 3.8) is 0 Å². The summed E-state index contributed by atoms with van der Waals surface area (Å²) in [6, 6.07) is 4.76. The molecule has 1 saturated heterocycles. The van der Waals surface area contributed by atoms with E-state index >= 15 is 0 Å². The standard InChI is InChI=1S/C16H18F3NO3/c1-2-13(21)15(9-5-6-10-20(15)14(22)23)11-7-3-4-8-12(11)16(17,18)19/h3-4,7-8H,2,5-6,9-10H2,1H3,(H,22,23). The number of Topliss-reactive ketones (excluding diaryl/α,β-unsaturated/α-hetero) is 1. The molecule has 7 heteroatoms. The van der Waals surface area contributed by atoms with Crippen molar-refractivity contribution in [2.45, 2.75) is 44.3 Å². The molecule has 0 aromatic heterocycles. The largest absolute Gasteiger partial charge is 0.465 e. The molecule has 2 rings (SSSR count). The molecule has 1 aliphatic rings. The Labute approximate surface area is 131 Å². The van der Waals surface area contributed by atoms with Gasteiger partial charge in [0.2, 0.25) is 0 Å². The van der Waals surface area contributed by atoms with Gasteiger partial charge in [0.1, 0.15) is 5.54 Å². The van der Waals surface area contributed by atoms with Gasteiger partial charge in [0.25, 0.3) is 0 Å². The van der Waals surface area contributed by atoms with E-state index in [4.69, 9.17) is 0 Å². The molecule has 0 aliphatic carbocycles. The van der Waals surface area contributed by atoms with Crippen molar-refractivity contribution in [1.82, 2.24) is 4.90 Å². The van der Waals surface area contributed by atoms with Gasteiger partial charge in [-0.25, -0.2) is 4.79 Å². The van der Waals surface area contributed by atoms with E-state index in [1.165, 1.54) is 25.1 Å². The summed E-state index contributed by atoms with van der Waals surface area (Å²) < 4.78 is 40.2. The highest BCUT2D eigenvalue weighted by atomic mass is 19.4. The number of rotatable bonds is 3. The third-order valence-electron chi connectivity index (χ3n) is 4.32. The van der Waals surface area contributed by atoms with Crippen LogP contribution in [0.15, 0.2) is 24.3 Å². The molecule has 1 N–H and O–H groups in total. The molecule has 23 heavy (non-hydrogen) atoms. The monoisotopic (exact) mass is 329 g/mol. The lowest BCUT2D eigenvalue weighted by Crippen LogP contribution is -2.57. The number of carbonyl (C=O) groups excluding carboxylic acids is 1. The van der Waals surface area contributed by atoms with Crippen LogP contribution < -0.4 is 0 Å². The fraction of sp³-hybridized carbons (Fsp3) is 0.500. The average molecular weight is 329 g/mol. The lowest BCUT2D eigenvalue weighted by Gasteiger charge is -2.45. The molecule has 1 aliphatic heterocycles. The molecule has 0 bridgehead atoms. The Morgan fingerprint density at radius 2 is 1.91 bits per heavy atom. The van der Waals surface area contributed by atoms with Crippen molar-refractivity contribution in [3.8, 4) is 0 Å². The summed E-state index contributed by atoms with van der Waals surface area (Å²) in [5.74, 6) is -0.503. The number of hydrogen-bond donors (Lipinski definition) is 1. The third kappa shape index (κ3) is 2.92. The Bertz CT molecular complexity index is 615. The third-order valence-corrected chi connectivity index (χ3v) is 4.32. The number of halogens is 3. The Morgan fingerprint density at radius 3 is 2.48 bits per heavy atom. The van der Waals surface area contributed by atoms with E-state index in [2.05, 4.69) is 0 Å². The van der Waals surface area contributed by atoms with Crippen molar-refractivity contribution in [3.05, 3.63) is 35.4 Å². The molecule has 1 unspecified atom stereocenters. The van der Waals surface area contributed by atoms with Crippen molar-refractivity contribution < 1.29 is 27.9 Å². The minimum Gasteiger partial charge on any atom is -0.465 e. The van der Waals surface area contributed by atoms with E-state index in [9.17, 15) is 27.9 Å². The summed E-state index contributed by atoms with van der Waals surface area (Å²) in [6.45, 7) is 1.59. The molecule has 1 amide bonds. The maximum absolute atomic E-state index is 13.4. The Balaban J connectivity index is 2.74. The number of carboxylic acid groups (broad SMARTS) is 1. The SMILES string of the molecule is CCC(=O)C1(c2ccccc2C(F)(F)F)CCCCN1C(=O)O. The quantitative estimate of drug-likeness (QED) is 0.910. The second-order valence-corrected chi connectivity index (χ2v) is 5.57. The molecule has 1 aromatic carbocycles. The predicted octanol–water partition coefficient (Wildman–Crippen LogP) is 4.04. The number of hydrogen-bond acceptors (Lipinski definition) is 2. The van der Waals surface area contributed by atoms with Crippen LogP contribution >= 0.6 is 0 Å². The first-order valence-electron chi connectivity index (χ1n) is 7.45. The molecule has 1 atom stereocenters. The van der Waals surface area contributed by atoms with Crippen LogP contribution in [0.4, 0.5) is 18.0 Å². The molecule has 0 radical (unpaired) electrons. The number of ketones is 1. The van der Waals surface area contributed by atoms with Gasteiger partial charge in [0.05, 0.1) is 5.56 Å². The van der Waals surface area contributed by atoms with E-state index in [0.717, 1.165) is 11.0 Å². The lowest BCUT2D eigenvalue weighted by atomic mass is 9.74. The number of alkyl halides is 3. The zero-order chi connectivity index (χ0) is 17.3. The van der Waals surface area contributed by atoms with Gasteiger partial charge < -0.3 is 5.11 Å². The molecule has 1 fully saturated rings. The summed E-state index contributed by atoms with van der Waals surface area (Å²) in [5.41, 5.74) is -2.97. The molecular formula is C16H18F3NO3. The van der Waals surface area contributed by atoms with Crippen LogP contribution in [0.1, 0.15) is 43.7 Å². The van der Waals surface area contributed by atoms with E-state index in [1.807, 2.05) is 0 Å². The van der Waals surface area contributed by atoms with Gasteiger partial charge in [0.15, 0.2) is 5.78 Å². The normalized spacial score (nSPS) is 22.0. The highest BCUT2D eigenvalue weighted by molar-refractivity contribution is 5.93. The summed E-state index contributed by atoms with van der Waals surface area (Å²) in [7, 11) is 0. The van der Waals surface area contributed by atoms with E-state index in [1.54, 1.807) is 0 Å². The van der Waals surface area contributed by atoms with Gasteiger partial charge in [0, 0.05) is 13.0 Å². The predicted molar refractivity (Wildman–Crippen MR) is 77.0 cm³/mol. The maximum atomic E-state index is 13.4. The van der Waals surface area contributed by atoms with Crippen LogP contribution in [0.5, 0.6) is 0 Å². The zero-order valence-corrected chi connectivity index (χ0v) is 12.7. The number of nitrogens with zero attached hydrogens (tertiary/aromatic N) is 1. The van der Waals surface area contributed by atoms with E-state index < -0.39 is 29.2 Å². The molecule has 1 aromatic rings. The van der Waals surface area contributed by atoms with Crippen LogP contribution in [0, 0.1) is 0 Å². The van der Waals surface area contributed by atoms with Crippen LogP contribution in [-0.2, 0) is 16.5 Å².